The number of carbonyl (C=O) groups is 1. The fourth-order valence-electron chi connectivity index (χ4n) is 4.39. The average molecular weight is 424 g/mol. The van der Waals surface area contributed by atoms with Gasteiger partial charge in [-0.1, -0.05) is 13.3 Å². The van der Waals surface area contributed by atoms with Gasteiger partial charge in [0.25, 0.3) is 5.91 Å². The summed E-state index contributed by atoms with van der Waals surface area (Å²) in [7, 11) is 0. The predicted molar refractivity (Wildman–Crippen MR) is 119 cm³/mol. The summed E-state index contributed by atoms with van der Waals surface area (Å²) >= 11 is 0. The number of nitrogens with one attached hydrogen (secondary N) is 1. The molecular weight excluding hydrogens is 393 g/mol. The van der Waals surface area contributed by atoms with Gasteiger partial charge in [0.05, 0.1) is 11.9 Å². The molecule has 164 valence electrons. The van der Waals surface area contributed by atoms with Crippen molar-refractivity contribution < 1.29 is 9.18 Å². The Morgan fingerprint density at radius 1 is 1.19 bits per heavy atom. The van der Waals surface area contributed by atoms with Gasteiger partial charge < -0.3 is 14.8 Å². The predicted octanol–water partition coefficient (Wildman–Crippen LogP) is 4.19. The number of piperidine rings is 1. The van der Waals surface area contributed by atoms with Gasteiger partial charge in [0.1, 0.15) is 11.4 Å². The van der Waals surface area contributed by atoms with Crippen molar-refractivity contribution in [2.24, 2.45) is 0 Å². The molecule has 6 nitrogen and oxygen atoms in total. The maximum atomic E-state index is 13.4. The Hall–Kier alpha value is -2.93. The highest BCUT2D eigenvalue weighted by Crippen LogP contribution is 2.21. The van der Waals surface area contributed by atoms with Crippen molar-refractivity contribution in [1.82, 2.24) is 24.6 Å². The summed E-state index contributed by atoms with van der Waals surface area (Å²) in [4.78, 5) is 15.5. The van der Waals surface area contributed by atoms with Crippen molar-refractivity contribution in [3.8, 4) is 11.5 Å². The average Bonchev–Trinajstić information content (AvgIpc) is 3.47. The van der Waals surface area contributed by atoms with E-state index in [0.29, 0.717) is 29.7 Å². The second-order valence-corrected chi connectivity index (χ2v) is 8.06. The molecule has 1 aliphatic heterocycles. The second kappa shape index (κ2) is 9.92. The van der Waals surface area contributed by atoms with Gasteiger partial charge in [0, 0.05) is 31.5 Å². The molecule has 1 atom stereocenters. The molecule has 0 radical (unpaired) electrons. The lowest BCUT2D eigenvalue weighted by Gasteiger charge is -2.35. The van der Waals surface area contributed by atoms with Crippen LogP contribution in [0.4, 0.5) is 4.39 Å². The van der Waals surface area contributed by atoms with Gasteiger partial charge in [0.15, 0.2) is 5.82 Å². The molecule has 1 saturated heterocycles. The number of hydrogen-bond acceptors (Lipinski definition) is 3. The van der Waals surface area contributed by atoms with Crippen LogP contribution in [0.25, 0.3) is 11.5 Å². The van der Waals surface area contributed by atoms with Gasteiger partial charge in [-0.15, -0.1) is 0 Å². The zero-order chi connectivity index (χ0) is 21.6. The molecule has 0 spiro atoms. The SMILES string of the molecule is CC[C@@H]1CCCCN1CCCNC(=O)c1cnn(-c2ccc(F)cc2)c1-n1cccc1. The first-order chi connectivity index (χ1) is 15.2. The Morgan fingerprint density at radius 2 is 1.97 bits per heavy atom. The molecule has 1 N–H and O–H groups in total. The molecule has 0 saturated carbocycles. The highest BCUT2D eigenvalue weighted by Gasteiger charge is 2.21. The quantitative estimate of drug-likeness (QED) is 0.553. The Labute approximate surface area is 182 Å². The van der Waals surface area contributed by atoms with Crippen LogP contribution in [0.1, 0.15) is 49.4 Å². The van der Waals surface area contributed by atoms with Crippen LogP contribution in [-0.2, 0) is 0 Å². The molecular formula is C24H30FN5O. The Balaban J connectivity index is 1.45. The molecule has 2 aromatic heterocycles. The zero-order valence-electron chi connectivity index (χ0n) is 18.0. The van der Waals surface area contributed by atoms with E-state index in [1.165, 1.54) is 37.8 Å². The van der Waals surface area contributed by atoms with E-state index in [9.17, 15) is 9.18 Å². The van der Waals surface area contributed by atoms with Gasteiger partial charge >= 0.3 is 0 Å². The maximum absolute atomic E-state index is 13.4. The van der Waals surface area contributed by atoms with Gasteiger partial charge in [-0.25, -0.2) is 9.07 Å². The number of amides is 1. The van der Waals surface area contributed by atoms with Crippen molar-refractivity contribution in [2.75, 3.05) is 19.6 Å². The number of rotatable bonds is 8. The van der Waals surface area contributed by atoms with Gasteiger partial charge in [0.2, 0.25) is 0 Å². The Morgan fingerprint density at radius 3 is 2.71 bits per heavy atom. The first-order valence-corrected chi connectivity index (χ1v) is 11.2. The summed E-state index contributed by atoms with van der Waals surface area (Å²) in [6.07, 6.45) is 11.3. The topological polar surface area (TPSA) is 55.1 Å². The van der Waals surface area contributed by atoms with Crippen molar-refractivity contribution in [3.63, 3.8) is 0 Å². The van der Waals surface area contributed by atoms with Crippen LogP contribution in [-0.4, -0.2) is 50.8 Å². The molecule has 31 heavy (non-hydrogen) atoms. The van der Waals surface area contributed by atoms with Gasteiger partial charge in [-0.2, -0.15) is 5.10 Å². The van der Waals surface area contributed by atoms with E-state index in [4.69, 9.17) is 0 Å². The number of likely N-dealkylation sites (tertiary alicyclic amines) is 1. The van der Waals surface area contributed by atoms with E-state index < -0.39 is 0 Å². The van der Waals surface area contributed by atoms with E-state index in [1.54, 1.807) is 23.0 Å². The van der Waals surface area contributed by atoms with Crippen LogP contribution < -0.4 is 5.32 Å². The van der Waals surface area contributed by atoms with Crippen LogP contribution >= 0.6 is 0 Å². The second-order valence-electron chi connectivity index (χ2n) is 8.06. The van der Waals surface area contributed by atoms with E-state index in [0.717, 1.165) is 19.5 Å². The van der Waals surface area contributed by atoms with Crippen LogP contribution in [0.5, 0.6) is 0 Å². The van der Waals surface area contributed by atoms with Gasteiger partial charge in [-0.05, 0) is 68.6 Å². The lowest BCUT2D eigenvalue weighted by molar-refractivity contribution is 0.0947. The molecule has 0 bridgehead atoms. The van der Waals surface area contributed by atoms with E-state index >= 15 is 0 Å². The normalized spacial score (nSPS) is 17.0. The summed E-state index contributed by atoms with van der Waals surface area (Å²) in [6.45, 7) is 5.05. The number of benzene rings is 1. The fourth-order valence-corrected chi connectivity index (χ4v) is 4.39. The fraction of sp³-hybridized carbons (Fsp3) is 0.417. The van der Waals surface area contributed by atoms with Crippen LogP contribution in [0, 0.1) is 5.82 Å². The molecule has 1 fully saturated rings. The van der Waals surface area contributed by atoms with Crippen molar-refractivity contribution in [2.45, 2.75) is 45.1 Å². The number of aromatic nitrogens is 3. The molecule has 3 heterocycles. The molecule has 7 heteroatoms. The summed E-state index contributed by atoms with van der Waals surface area (Å²) in [6, 6.07) is 10.6. The largest absolute Gasteiger partial charge is 0.352 e. The minimum Gasteiger partial charge on any atom is -0.352 e. The highest BCUT2D eigenvalue weighted by atomic mass is 19.1. The number of carbonyl (C=O) groups excluding carboxylic acids is 1. The van der Waals surface area contributed by atoms with Crippen molar-refractivity contribution in [3.05, 3.63) is 66.4 Å². The summed E-state index contributed by atoms with van der Waals surface area (Å²) in [5, 5.41) is 7.48. The Kier molecular flexibility index (Phi) is 6.82. The molecule has 3 aromatic rings. The van der Waals surface area contributed by atoms with E-state index in [1.807, 2.05) is 29.1 Å². The van der Waals surface area contributed by atoms with Crippen LogP contribution in [0.15, 0.2) is 55.0 Å². The molecule has 1 aliphatic rings. The van der Waals surface area contributed by atoms with E-state index in [-0.39, 0.29) is 11.7 Å². The minimum absolute atomic E-state index is 0.150. The highest BCUT2D eigenvalue weighted by molar-refractivity contribution is 5.97. The lowest BCUT2D eigenvalue weighted by Crippen LogP contribution is -2.40. The minimum atomic E-state index is -0.310. The van der Waals surface area contributed by atoms with Crippen molar-refractivity contribution >= 4 is 5.91 Å². The third-order valence-corrected chi connectivity index (χ3v) is 6.04. The first kappa shape index (κ1) is 21.3. The van der Waals surface area contributed by atoms with Crippen molar-refractivity contribution in [1.29, 1.82) is 0 Å². The standard InChI is InChI=1S/C24H30FN5O/c1-2-20-8-3-4-14-28(20)17-7-13-26-23(31)22-18-27-30(21-11-9-19(25)10-12-21)24(22)29-15-5-6-16-29/h5-6,9-12,15-16,18,20H,2-4,7-8,13-14,17H2,1H3,(H,26,31)/t20-/m1/s1. The summed E-state index contributed by atoms with van der Waals surface area (Å²) in [5.74, 6) is 0.175. The van der Waals surface area contributed by atoms with Gasteiger partial charge in [-0.3, -0.25) is 4.79 Å². The molecule has 0 unspecified atom stereocenters. The molecule has 1 amide bonds. The summed E-state index contributed by atoms with van der Waals surface area (Å²) in [5.41, 5.74) is 1.18. The number of nitrogens with zero attached hydrogens (tertiary/aromatic N) is 4. The monoisotopic (exact) mass is 423 g/mol. The third-order valence-electron chi connectivity index (χ3n) is 6.04. The Bertz CT molecular complexity index is 980. The number of hydrogen-bond donors (Lipinski definition) is 1. The molecule has 1 aromatic carbocycles. The lowest BCUT2D eigenvalue weighted by atomic mass is 10.00. The molecule has 0 aliphatic carbocycles. The van der Waals surface area contributed by atoms with Crippen LogP contribution in [0.3, 0.4) is 0 Å². The zero-order valence-corrected chi connectivity index (χ0v) is 18.0. The van der Waals surface area contributed by atoms with Crippen LogP contribution in [0.2, 0.25) is 0 Å². The molecule has 4 rings (SSSR count). The maximum Gasteiger partial charge on any atom is 0.256 e. The number of halogens is 1. The third kappa shape index (κ3) is 4.88. The first-order valence-electron chi connectivity index (χ1n) is 11.2. The van der Waals surface area contributed by atoms with E-state index in [2.05, 4.69) is 22.2 Å². The smallest absolute Gasteiger partial charge is 0.256 e. The summed E-state index contributed by atoms with van der Waals surface area (Å²) < 4.78 is 16.9.